The molecule has 0 aromatic heterocycles. The van der Waals surface area contributed by atoms with Gasteiger partial charge in [-0.25, -0.2) is 13.2 Å². The number of hydrogen-bond acceptors (Lipinski definition) is 1. The fourth-order valence-corrected chi connectivity index (χ4v) is 5.28. The molecule has 0 bridgehead atoms. The summed E-state index contributed by atoms with van der Waals surface area (Å²) < 4.78 is 49.7. The molecule has 0 aliphatic heterocycles. The van der Waals surface area contributed by atoms with Gasteiger partial charge in [0.1, 0.15) is 0 Å². The first-order valence-electron chi connectivity index (χ1n) is 11.6. The molecule has 0 amide bonds. The highest BCUT2D eigenvalue weighted by atomic mass is 19.2. The van der Waals surface area contributed by atoms with E-state index in [4.69, 9.17) is 4.74 Å². The number of ether oxygens (including phenoxy) is 1. The highest BCUT2D eigenvalue weighted by Crippen LogP contribution is 2.41. The average Bonchev–Trinajstić information content (AvgIpc) is 2.80. The van der Waals surface area contributed by atoms with Gasteiger partial charge in [0.2, 0.25) is 0 Å². The highest BCUT2D eigenvalue weighted by molar-refractivity contribution is 5.85. The summed E-state index contributed by atoms with van der Waals surface area (Å²) in [7, 11) is 1.44. The van der Waals surface area contributed by atoms with Crippen molar-refractivity contribution in [3.8, 4) is 5.75 Å². The minimum atomic E-state index is -0.769. The van der Waals surface area contributed by atoms with E-state index in [0.29, 0.717) is 40.7 Å². The van der Waals surface area contributed by atoms with Gasteiger partial charge in [-0.05, 0) is 78.7 Å². The molecule has 4 heteroatoms. The van der Waals surface area contributed by atoms with Gasteiger partial charge >= 0.3 is 0 Å². The molecule has 0 N–H and O–H groups in total. The van der Waals surface area contributed by atoms with Crippen molar-refractivity contribution in [3.63, 3.8) is 0 Å². The first kappa shape index (κ1) is 22.0. The number of unbranched alkanes of at least 4 members (excludes halogenated alkanes) is 1. The van der Waals surface area contributed by atoms with Crippen molar-refractivity contribution < 1.29 is 17.9 Å². The molecule has 1 fully saturated rings. The largest absolute Gasteiger partial charge is 0.494 e. The Bertz CT molecular complexity index is 971. The van der Waals surface area contributed by atoms with Crippen LogP contribution in [0.15, 0.2) is 24.3 Å². The molecule has 0 radical (unpaired) electrons. The van der Waals surface area contributed by atoms with Crippen molar-refractivity contribution in [1.82, 2.24) is 0 Å². The van der Waals surface area contributed by atoms with Crippen LogP contribution < -0.4 is 4.74 Å². The molecule has 0 atom stereocenters. The maximum atomic E-state index is 15.1. The number of halogens is 3. The lowest BCUT2D eigenvalue weighted by molar-refractivity contribution is 0.299. The molecule has 2 aromatic rings. The number of benzene rings is 2. The molecule has 166 valence electrons. The topological polar surface area (TPSA) is 9.23 Å². The molecule has 4 rings (SSSR count). The fraction of sp³-hybridized carbons (Fsp3) is 0.481. The summed E-state index contributed by atoms with van der Waals surface area (Å²) in [6.07, 6.45) is 10.5. The van der Waals surface area contributed by atoms with E-state index < -0.39 is 11.6 Å². The van der Waals surface area contributed by atoms with E-state index >= 15 is 8.78 Å². The third kappa shape index (κ3) is 4.40. The van der Waals surface area contributed by atoms with Crippen LogP contribution in [0.4, 0.5) is 13.2 Å². The first-order valence-corrected chi connectivity index (χ1v) is 11.6. The Morgan fingerprint density at radius 2 is 1.68 bits per heavy atom. The summed E-state index contributed by atoms with van der Waals surface area (Å²) in [6, 6.07) is 6.84. The summed E-state index contributed by atoms with van der Waals surface area (Å²) in [5, 5.41) is 0. The van der Waals surface area contributed by atoms with E-state index in [1.165, 1.54) is 26.4 Å². The quantitative estimate of drug-likeness (QED) is 0.452. The molecule has 0 saturated heterocycles. The van der Waals surface area contributed by atoms with Crippen LogP contribution in [0.2, 0.25) is 0 Å². The minimum Gasteiger partial charge on any atom is -0.494 e. The Kier molecular flexibility index (Phi) is 6.74. The monoisotopic (exact) mass is 428 g/mol. The Balaban J connectivity index is 1.55. The zero-order valence-electron chi connectivity index (χ0n) is 18.4. The van der Waals surface area contributed by atoms with E-state index in [-0.39, 0.29) is 17.5 Å². The molecule has 0 spiro atoms. The van der Waals surface area contributed by atoms with Gasteiger partial charge in [-0.15, -0.1) is 0 Å². The van der Waals surface area contributed by atoms with Gasteiger partial charge in [0.05, 0.1) is 7.11 Å². The lowest BCUT2D eigenvalue weighted by atomic mass is 9.76. The van der Waals surface area contributed by atoms with E-state index in [1.54, 1.807) is 30.3 Å². The fourth-order valence-electron chi connectivity index (χ4n) is 5.28. The van der Waals surface area contributed by atoms with Crippen LogP contribution in [0.3, 0.4) is 0 Å². The van der Waals surface area contributed by atoms with Crippen LogP contribution in [-0.2, 0) is 6.42 Å². The zero-order chi connectivity index (χ0) is 22.0. The number of methoxy groups -OCH3 is 1. The Morgan fingerprint density at radius 1 is 0.903 bits per heavy atom. The number of rotatable bonds is 6. The second kappa shape index (κ2) is 9.50. The molecule has 2 aliphatic rings. The lowest BCUT2D eigenvalue weighted by Crippen LogP contribution is -2.15. The molecule has 31 heavy (non-hydrogen) atoms. The molecule has 2 aliphatic carbocycles. The van der Waals surface area contributed by atoms with Crippen LogP contribution in [0, 0.1) is 23.4 Å². The van der Waals surface area contributed by atoms with Gasteiger partial charge in [0.15, 0.2) is 23.2 Å². The second-order valence-electron chi connectivity index (χ2n) is 9.01. The van der Waals surface area contributed by atoms with E-state index in [2.05, 4.69) is 6.92 Å². The van der Waals surface area contributed by atoms with Crippen molar-refractivity contribution >= 4 is 11.6 Å². The summed E-state index contributed by atoms with van der Waals surface area (Å²) in [6.45, 7) is 2.21. The Morgan fingerprint density at radius 3 is 2.39 bits per heavy atom. The van der Waals surface area contributed by atoms with Gasteiger partial charge < -0.3 is 4.74 Å². The van der Waals surface area contributed by atoms with Crippen LogP contribution in [0.1, 0.15) is 86.5 Å². The SMILES string of the molecule is CCCCC1CCC(c2ccc(C3=Cc4ccc(OC)c(F)c4CC3)c(F)c2F)CC1. The Hall–Kier alpha value is -2.23. The van der Waals surface area contributed by atoms with E-state index in [0.717, 1.165) is 31.6 Å². The number of allylic oxidation sites excluding steroid dienone is 1. The Labute approximate surface area is 183 Å². The van der Waals surface area contributed by atoms with E-state index in [9.17, 15) is 4.39 Å². The molecular formula is C27H31F3O. The van der Waals surface area contributed by atoms with Crippen molar-refractivity contribution in [2.75, 3.05) is 7.11 Å². The van der Waals surface area contributed by atoms with Crippen LogP contribution >= 0.6 is 0 Å². The zero-order valence-corrected chi connectivity index (χ0v) is 18.4. The van der Waals surface area contributed by atoms with E-state index in [1.807, 2.05) is 0 Å². The summed E-state index contributed by atoms with van der Waals surface area (Å²) in [4.78, 5) is 0. The number of fused-ring (bicyclic) bond motifs is 1. The maximum absolute atomic E-state index is 15.1. The molecular weight excluding hydrogens is 397 g/mol. The smallest absolute Gasteiger partial charge is 0.168 e. The first-order chi connectivity index (χ1) is 15.0. The lowest BCUT2D eigenvalue weighted by Gasteiger charge is -2.29. The van der Waals surface area contributed by atoms with Gasteiger partial charge in [0.25, 0.3) is 0 Å². The summed E-state index contributed by atoms with van der Waals surface area (Å²) in [5.74, 6) is -0.802. The highest BCUT2D eigenvalue weighted by Gasteiger charge is 2.27. The normalized spacial score (nSPS) is 20.9. The van der Waals surface area contributed by atoms with Gasteiger partial charge in [-0.3, -0.25) is 0 Å². The third-order valence-electron chi connectivity index (χ3n) is 7.15. The minimum absolute atomic E-state index is 0.101. The molecule has 1 nitrogen and oxygen atoms in total. The van der Waals surface area contributed by atoms with Gasteiger partial charge in [0, 0.05) is 5.56 Å². The summed E-state index contributed by atoms with van der Waals surface area (Å²) in [5.41, 5.74) is 2.79. The van der Waals surface area contributed by atoms with Gasteiger partial charge in [-0.2, -0.15) is 0 Å². The third-order valence-corrected chi connectivity index (χ3v) is 7.15. The predicted molar refractivity (Wildman–Crippen MR) is 120 cm³/mol. The predicted octanol–water partition coefficient (Wildman–Crippen LogP) is 8.06. The molecule has 0 heterocycles. The van der Waals surface area contributed by atoms with Crippen molar-refractivity contribution in [2.45, 2.75) is 70.6 Å². The summed E-state index contributed by atoms with van der Waals surface area (Å²) >= 11 is 0. The molecule has 0 unspecified atom stereocenters. The number of hydrogen-bond donors (Lipinski definition) is 0. The van der Waals surface area contributed by atoms with Gasteiger partial charge in [-0.1, -0.05) is 50.5 Å². The molecule has 2 aromatic carbocycles. The second-order valence-corrected chi connectivity index (χ2v) is 9.01. The molecule has 1 saturated carbocycles. The maximum Gasteiger partial charge on any atom is 0.168 e. The van der Waals surface area contributed by atoms with Crippen molar-refractivity contribution in [1.29, 1.82) is 0 Å². The van der Waals surface area contributed by atoms with Crippen LogP contribution in [0.25, 0.3) is 11.6 Å². The van der Waals surface area contributed by atoms with Crippen LogP contribution in [-0.4, -0.2) is 7.11 Å². The van der Waals surface area contributed by atoms with Crippen molar-refractivity contribution in [2.24, 2.45) is 5.92 Å². The standard InChI is InChI=1S/C27H31F3O/c1-3-4-5-17-6-8-18(9-7-17)21-13-14-23(27(30)26(21)29)19-10-12-22-20(16-19)11-15-24(31-2)25(22)28/h11,13-18H,3-10,12H2,1-2H3. The van der Waals surface area contributed by atoms with Crippen molar-refractivity contribution in [3.05, 3.63) is 64.0 Å². The average molecular weight is 429 g/mol. The van der Waals surface area contributed by atoms with Crippen LogP contribution in [0.5, 0.6) is 5.75 Å².